The molecule has 0 spiro atoms. The number of nitrogens with one attached hydrogen (secondary N) is 1. The average molecular weight is 415 g/mol. The Hall–Kier alpha value is -2.18. The molecule has 29 heavy (non-hydrogen) atoms. The summed E-state index contributed by atoms with van der Waals surface area (Å²) in [5.74, 6) is -0.419. The third-order valence-corrected chi connectivity index (χ3v) is 7.68. The number of aryl methyl sites for hydroxylation is 3. The highest BCUT2D eigenvalue weighted by Crippen LogP contribution is 2.25. The van der Waals surface area contributed by atoms with E-state index in [0.717, 1.165) is 11.1 Å². The number of piperidine rings is 1. The van der Waals surface area contributed by atoms with Gasteiger partial charge in [0.1, 0.15) is 0 Å². The monoisotopic (exact) mass is 414 g/mol. The molecular formula is C23H30N2O3S. The molecular weight excluding hydrogens is 384 g/mol. The summed E-state index contributed by atoms with van der Waals surface area (Å²) >= 11 is 0. The van der Waals surface area contributed by atoms with Gasteiger partial charge in [0.2, 0.25) is 15.9 Å². The molecule has 6 heteroatoms. The lowest BCUT2D eigenvalue weighted by Gasteiger charge is -2.32. The van der Waals surface area contributed by atoms with Gasteiger partial charge in [-0.3, -0.25) is 4.79 Å². The minimum absolute atomic E-state index is 0.0838. The summed E-state index contributed by atoms with van der Waals surface area (Å²) in [4.78, 5) is 13.1. The fraction of sp³-hybridized carbons (Fsp3) is 0.435. The first-order chi connectivity index (χ1) is 13.7. The van der Waals surface area contributed by atoms with Gasteiger partial charge in [-0.05, 0) is 69.4 Å². The summed E-state index contributed by atoms with van der Waals surface area (Å²) in [6, 6.07) is 12.9. The standard InChI is InChI=1S/C23H30N2O3S/c1-16-7-11-22(12-8-16)29(27,28)25-13-5-6-21(15-25)23(26)24-19(4)20-10-9-17(2)18(3)14-20/h7-12,14,19,21H,5-6,13,15H2,1-4H3,(H,24,26)/t19-,21-/m1/s1. The van der Waals surface area contributed by atoms with E-state index in [-0.39, 0.29) is 29.3 Å². The van der Waals surface area contributed by atoms with E-state index < -0.39 is 10.0 Å². The number of nitrogens with zero attached hydrogens (tertiary/aromatic N) is 1. The van der Waals surface area contributed by atoms with Crippen molar-refractivity contribution in [1.82, 2.24) is 9.62 Å². The Morgan fingerprint density at radius 1 is 1.07 bits per heavy atom. The number of sulfonamides is 1. The number of hydrogen-bond acceptors (Lipinski definition) is 3. The van der Waals surface area contributed by atoms with Crippen LogP contribution in [0.3, 0.4) is 0 Å². The highest BCUT2D eigenvalue weighted by molar-refractivity contribution is 7.89. The van der Waals surface area contributed by atoms with Crippen molar-refractivity contribution in [3.8, 4) is 0 Å². The van der Waals surface area contributed by atoms with Crippen molar-refractivity contribution in [2.45, 2.75) is 51.5 Å². The van der Waals surface area contributed by atoms with Gasteiger partial charge in [-0.2, -0.15) is 4.31 Å². The Balaban J connectivity index is 1.68. The summed E-state index contributed by atoms with van der Waals surface area (Å²) in [5, 5.41) is 3.07. The maximum atomic E-state index is 13.0. The van der Waals surface area contributed by atoms with E-state index in [1.807, 2.05) is 19.9 Å². The highest BCUT2D eigenvalue weighted by Gasteiger charge is 2.33. The fourth-order valence-corrected chi connectivity index (χ4v) is 5.21. The van der Waals surface area contributed by atoms with Crippen LogP contribution >= 0.6 is 0 Å². The molecule has 1 aliphatic rings. The number of hydrogen-bond donors (Lipinski definition) is 1. The predicted octanol–water partition coefficient (Wildman–Crippen LogP) is 3.89. The van der Waals surface area contributed by atoms with Gasteiger partial charge in [-0.25, -0.2) is 8.42 Å². The third kappa shape index (κ3) is 4.87. The lowest BCUT2D eigenvalue weighted by molar-refractivity contribution is -0.126. The van der Waals surface area contributed by atoms with Crippen LogP contribution in [0.15, 0.2) is 47.4 Å². The van der Waals surface area contributed by atoms with Gasteiger partial charge in [0, 0.05) is 13.1 Å². The van der Waals surface area contributed by atoms with Gasteiger partial charge < -0.3 is 5.32 Å². The maximum absolute atomic E-state index is 13.0. The quantitative estimate of drug-likeness (QED) is 0.807. The summed E-state index contributed by atoms with van der Waals surface area (Å²) in [6.07, 6.45) is 1.38. The van der Waals surface area contributed by atoms with Crippen LogP contribution in [0, 0.1) is 26.7 Å². The zero-order valence-corrected chi connectivity index (χ0v) is 18.4. The molecule has 2 aromatic rings. The van der Waals surface area contributed by atoms with E-state index in [9.17, 15) is 13.2 Å². The number of benzene rings is 2. The van der Waals surface area contributed by atoms with E-state index in [1.165, 1.54) is 15.4 Å². The minimum Gasteiger partial charge on any atom is -0.349 e. The van der Waals surface area contributed by atoms with Gasteiger partial charge in [0.25, 0.3) is 0 Å². The van der Waals surface area contributed by atoms with Crippen LogP contribution in [0.25, 0.3) is 0 Å². The smallest absolute Gasteiger partial charge is 0.243 e. The van der Waals surface area contributed by atoms with Crippen LogP contribution < -0.4 is 5.32 Å². The van der Waals surface area contributed by atoms with E-state index in [2.05, 4.69) is 31.3 Å². The molecule has 1 fully saturated rings. The first kappa shape index (κ1) is 21.5. The van der Waals surface area contributed by atoms with E-state index in [0.29, 0.717) is 19.4 Å². The molecule has 1 heterocycles. The zero-order valence-electron chi connectivity index (χ0n) is 17.6. The maximum Gasteiger partial charge on any atom is 0.243 e. The van der Waals surface area contributed by atoms with Gasteiger partial charge in [-0.15, -0.1) is 0 Å². The molecule has 1 saturated heterocycles. The van der Waals surface area contributed by atoms with Gasteiger partial charge in [-0.1, -0.05) is 35.9 Å². The molecule has 0 radical (unpaired) electrons. The van der Waals surface area contributed by atoms with Crippen LogP contribution in [0.2, 0.25) is 0 Å². The molecule has 1 N–H and O–H groups in total. The minimum atomic E-state index is -3.58. The molecule has 1 aliphatic heterocycles. The average Bonchev–Trinajstić information content (AvgIpc) is 2.70. The van der Waals surface area contributed by atoms with Crippen molar-refractivity contribution in [2.24, 2.45) is 5.92 Å². The van der Waals surface area contributed by atoms with E-state index >= 15 is 0 Å². The van der Waals surface area contributed by atoms with Crippen molar-refractivity contribution in [3.05, 3.63) is 64.7 Å². The summed E-state index contributed by atoms with van der Waals surface area (Å²) in [6.45, 7) is 8.68. The third-order valence-electron chi connectivity index (χ3n) is 5.80. The molecule has 0 unspecified atom stereocenters. The Labute approximate surface area is 174 Å². The lowest BCUT2D eigenvalue weighted by Crippen LogP contribution is -2.45. The van der Waals surface area contributed by atoms with Crippen LogP contribution in [0.4, 0.5) is 0 Å². The lowest BCUT2D eigenvalue weighted by atomic mass is 9.97. The molecule has 3 rings (SSSR count). The molecule has 0 aliphatic carbocycles. The molecule has 0 bridgehead atoms. The molecule has 2 aromatic carbocycles. The first-order valence-electron chi connectivity index (χ1n) is 10.1. The molecule has 156 valence electrons. The van der Waals surface area contributed by atoms with Crippen molar-refractivity contribution in [2.75, 3.05) is 13.1 Å². The summed E-state index contributed by atoms with van der Waals surface area (Å²) in [5.41, 5.74) is 4.48. The molecule has 1 amide bonds. The van der Waals surface area contributed by atoms with Crippen molar-refractivity contribution < 1.29 is 13.2 Å². The molecule has 2 atom stereocenters. The van der Waals surface area contributed by atoms with Crippen molar-refractivity contribution >= 4 is 15.9 Å². The molecule has 0 aromatic heterocycles. The predicted molar refractivity (Wildman–Crippen MR) is 115 cm³/mol. The topological polar surface area (TPSA) is 66.5 Å². The summed E-state index contributed by atoms with van der Waals surface area (Å²) < 4.78 is 27.4. The van der Waals surface area contributed by atoms with Gasteiger partial charge in [0.15, 0.2) is 0 Å². The second-order valence-electron chi connectivity index (χ2n) is 8.09. The van der Waals surface area contributed by atoms with Crippen molar-refractivity contribution in [3.63, 3.8) is 0 Å². The Kier molecular flexibility index (Phi) is 6.44. The first-order valence-corrected chi connectivity index (χ1v) is 11.6. The van der Waals surface area contributed by atoms with Crippen LogP contribution in [-0.2, 0) is 14.8 Å². The summed E-state index contributed by atoms with van der Waals surface area (Å²) in [7, 11) is -3.58. The van der Waals surface area contributed by atoms with Gasteiger partial charge in [0.05, 0.1) is 16.9 Å². The Morgan fingerprint density at radius 3 is 2.41 bits per heavy atom. The fourth-order valence-electron chi connectivity index (χ4n) is 3.68. The molecule has 0 saturated carbocycles. The number of rotatable bonds is 5. The number of carbonyl (C=O) groups is 1. The van der Waals surface area contributed by atoms with Crippen LogP contribution in [-0.4, -0.2) is 31.7 Å². The molecule has 5 nitrogen and oxygen atoms in total. The van der Waals surface area contributed by atoms with E-state index in [1.54, 1.807) is 24.3 Å². The van der Waals surface area contributed by atoms with Crippen LogP contribution in [0.5, 0.6) is 0 Å². The normalized spacial score (nSPS) is 19.0. The van der Waals surface area contributed by atoms with E-state index in [4.69, 9.17) is 0 Å². The van der Waals surface area contributed by atoms with Crippen molar-refractivity contribution in [1.29, 1.82) is 0 Å². The zero-order chi connectivity index (χ0) is 21.2. The Bertz CT molecular complexity index is 984. The second-order valence-corrected chi connectivity index (χ2v) is 10.0. The largest absolute Gasteiger partial charge is 0.349 e. The second kappa shape index (κ2) is 8.67. The van der Waals surface area contributed by atoms with Gasteiger partial charge >= 0.3 is 0 Å². The highest BCUT2D eigenvalue weighted by atomic mass is 32.2. The number of amides is 1. The Morgan fingerprint density at radius 2 is 1.76 bits per heavy atom. The van der Waals surface area contributed by atoms with Crippen LogP contribution in [0.1, 0.15) is 48.1 Å². The number of carbonyl (C=O) groups excluding carboxylic acids is 1. The SMILES string of the molecule is Cc1ccc(S(=O)(=O)N2CCC[C@@H](C(=O)N[C@H](C)c3ccc(C)c(C)c3)C2)cc1.